The highest BCUT2D eigenvalue weighted by molar-refractivity contribution is 9.08. The Labute approximate surface area is 829 Å². The molecule has 4 aliphatic heterocycles. The number of cyclic esters (lactones) is 4. The minimum Gasteiger partial charge on any atom is -0.467 e. The third-order valence-corrected chi connectivity index (χ3v) is 21.1. The molecule has 0 saturated carbocycles. The van der Waals surface area contributed by atoms with Gasteiger partial charge in [0, 0.05) is 36.6 Å². The molecule has 0 aliphatic carbocycles. The number of nitrogens with two attached hydrogens (primary N) is 1. The maximum absolute atomic E-state index is 14.0. The number of esters is 5. The van der Waals surface area contributed by atoms with E-state index in [9.17, 15) is 82.0 Å². The monoisotopic (exact) mass is 2150 g/mol. The molecule has 10 aromatic heterocycles. The summed E-state index contributed by atoms with van der Waals surface area (Å²) in [6.45, 7) is 10.6. The number of halogens is 16. The van der Waals surface area contributed by atoms with Gasteiger partial charge in [-0.1, -0.05) is 15.9 Å². The van der Waals surface area contributed by atoms with Crippen LogP contribution in [0, 0.1) is 92.8 Å². The van der Waals surface area contributed by atoms with Crippen molar-refractivity contribution in [3.63, 3.8) is 0 Å². The third-order valence-electron chi connectivity index (χ3n) is 20.3. The number of ether oxygens (including phenoxy) is 7. The highest BCUT2D eigenvalue weighted by Crippen LogP contribution is 2.61. The number of H-pyrrole nitrogens is 1. The van der Waals surface area contributed by atoms with E-state index in [2.05, 4.69) is 99.5 Å². The number of rotatable bonds is 19. The van der Waals surface area contributed by atoms with Crippen molar-refractivity contribution in [2.24, 2.45) is 0 Å². The minimum atomic E-state index is -3.22. The molecule has 3 N–H and O–H groups in total. The number of nitrogens with zero attached hydrogens (tertiary/aromatic N) is 9. The van der Waals surface area contributed by atoms with Gasteiger partial charge < -0.3 is 66.0 Å². The van der Waals surface area contributed by atoms with Crippen LogP contribution in [0.1, 0.15) is 173 Å². The van der Waals surface area contributed by atoms with Gasteiger partial charge in [-0.25, -0.2) is 92.6 Å². The Morgan fingerprint density at radius 1 is 0.430 bits per heavy atom. The van der Waals surface area contributed by atoms with Gasteiger partial charge in [0.15, 0.2) is 35.1 Å². The van der Waals surface area contributed by atoms with Crippen LogP contribution in [0.2, 0.25) is 5.28 Å². The molecular formula is C94H70BrCl5F10N11O20P. The Morgan fingerprint density at radius 3 is 1.09 bits per heavy atom. The van der Waals surface area contributed by atoms with E-state index >= 15 is 0 Å². The summed E-state index contributed by atoms with van der Waals surface area (Å²) in [5, 5.41) is -2.98. The second kappa shape index (κ2) is 46.3. The maximum atomic E-state index is 14.0. The lowest BCUT2D eigenvalue weighted by atomic mass is 10.0. The van der Waals surface area contributed by atoms with Crippen molar-refractivity contribution in [1.29, 1.82) is 0 Å². The van der Waals surface area contributed by atoms with Crippen molar-refractivity contribution >= 4 is 121 Å². The first-order valence-electron chi connectivity index (χ1n) is 41.1. The lowest BCUT2D eigenvalue weighted by Crippen LogP contribution is -2.17. The van der Waals surface area contributed by atoms with E-state index in [1.54, 1.807) is 102 Å². The average Bonchev–Trinajstić information content (AvgIpc) is 1.62. The first-order chi connectivity index (χ1) is 67.0. The van der Waals surface area contributed by atoms with Crippen LogP contribution in [0.5, 0.6) is 12.0 Å². The fourth-order valence-corrected chi connectivity index (χ4v) is 14.9. The number of furan rings is 5. The number of hydrogen-bond donors (Lipinski definition) is 2. The number of aromatic nitrogens is 10. The van der Waals surface area contributed by atoms with E-state index in [1.807, 2.05) is 0 Å². The van der Waals surface area contributed by atoms with Gasteiger partial charge in [0.05, 0.1) is 26.5 Å². The van der Waals surface area contributed by atoms with Crippen LogP contribution in [0.25, 0.3) is 57.3 Å². The van der Waals surface area contributed by atoms with Crippen LogP contribution < -0.4 is 20.9 Å². The van der Waals surface area contributed by atoms with E-state index in [-0.39, 0.29) is 187 Å². The summed E-state index contributed by atoms with van der Waals surface area (Å²) in [6.07, 6.45) is -3.54. The van der Waals surface area contributed by atoms with Crippen LogP contribution in [-0.4, -0.2) is 107 Å². The quantitative estimate of drug-likeness (QED) is 0.0144. The lowest BCUT2D eigenvalue weighted by molar-refractivity contribution is 0.0371. The van der Waals surface area contributed by atoms with Crippen LogP contribution >= 0.6 is 78.9 Å². The molecule has 19 rings (SSSR count). The van der Waals surface area contributed by atoms with Gasteiger partial charge in [-0.15, -0.1) is 12.4 Å². The Kier molecular flexibility index (Phi) is 34.7. The summed E-state index contributed by atoms with van der Waals surface area (Å²) in [5.41, 5.74) is 7.70. The van der Waals surface area contributed by atoms with Crippen LogP contribution in [0.4, 0.5) is 49.9 Å². The summed E-state index contributed by atoms with van der Waals surface area (Å²) in [7, 11) is 2.75. The van der Waals surface area contributed by atoms with Gasteiger partial charge in [-0.05, 0) is 261 Å². The van der Waals surface area contributed by atoms with E-state index < -0.39 is 118 Å². The smallest absolute Gasteiger partial charge is 0.345 e. The number of methoxy groups -OCH3 is 2. The van der Waals surface area contributed by atoms with Crippen LogP contribution in [-0.2, 0) is 59.3 Å². The number of aryl methyl sites for hydroxylation is 5. The SMILES string of the molecule is CCOC(=O)c1c(C=O)nc(OC)nc1-c1ccc(C)o1.COc1nc(-c2ccc(C)o2)c2c(n1)C(Cc1cc(F)ccc1F)OC2=O.Cc1ccc(-c2nc(=O)[nH]c3c2C(=O)OC3Cc2cc(F)ccc2F)o1.Cc1ccc(-c2nc(Cl)nc3c2C(=O)OC3Cc2cc(F)ccc2F)o1.Cc1ccc(-c2nc(N)nc3c2C(=O)OC3Cc2cc(F)ccc2F)o1.Cl.Fc1ccc(F)c(CBr)c1.O=P(Cl)(Cl)Cl. The summed E-state index contributed by atoms with van der Waals surface area (Å²) >= 11 is 22.9. The van der Waals surface area contributed by atoms with Gasteiger partial charge in [0.1, 0.15) is 190 Å². The molecule has 4 unspecified atom stereocenters. The van der Waals surface area contributed by atoms with E-state index in [0.29, 0.717) is 69.0 Å². The zero-order chi connectivity index (χ0) is 102. The predicted molar refractivity (Wildman–Crippen MR) is 493 cm³/mol. The van der Waals surface area contributed by atoms with E-state index in [1.165, 1.54) is 20.3 Å². The zero-order valence-corrected chi connectivity index (χ0v) is 80.7. The number of carbonyl (C=O) groups excluding carboxylic acids is 6. The number of carbonyl (C=O) groups is 6. The summed E-state index contributed by atoms with van der Waals surface area (Å²) < 4.78 is 208. The molecule has 0 amide bonds. The van der Waals surface area contributed by atoms with Gasteiger partial charge in [0.2, 0.25) is 11.2 Å². The molecule has 31 nitrogen and oxygen atoms in total. The number of anilines is 1. The molecule has 0 saturated heterocycles. The maximum Gasteiger partial charge on any atom is 0.345 e. The van der Waals surface area contributed by atoms with Crippen molar-refractivity contribution in [2.75, 3.05) is 26.6 Å². The molecule has 48 heteroatoms. The second-order valence-electron chi connectivity index (χ2n) is 30.1. The number of nitrogens with one attached hydrogen (secondary N) is 1. The highest BCUT2D eigenvalue weighted by Gasteiger charge is 2.43. The van der Waals surface area contributed by atoms with Crippen molar-refractivity contribution < 1.29 is 132 Å². The van der Waals surface area contributed by atoms with Crippen LogP contribution in [0.15, 0.2) is 179 Å². The van der Waals surface area contributed by atoms with Crippen molar-refractivity contribution in [3.8, 4) is 69.3 Å². The molecule has 5 aromatic carbocycles. The number of aldehydes is 1. The van der Waals surface area contributed by atoms with Crippen molar-refractivity contribution in [2.45, 2.75) is 97.0 Å². The number of alkyl halides is 1. The molecule has 4 aliphatic rings. The standard InChI is InChI=1S/C19H14F2N2O4.C18H11ClF2N2O3.C18H13F2N3O3.C18H12F2N2O4.C14H14N2O5.C7H5BrF2.Cl3OP.ClH/c1-9-3-6-13(26-9)16-15-17(23-19(22-16)25-2)14(27-18(15)24)8-10-7-11(20)4-5-12(10)21;1-8-2-5-12(25-8)15-14-16(23-18(19)22-15)13(26-17(14)24)7-9-6-10(20)3-4-11(9)21;1-8-2-5-12(25-8)15-14-16(23-18(21)22-15)13(26-17(14)24)7-9-6-10(19)3-4-11(9)20;1-8-2-5-12(25-8)15-14-16(22-18(24)21-15)13(26-17(14)23)7-9-6-10(19)3-4-11(9)20;1-4-20-13(18)11-9(7-17)15-14(19-3)16-12(11)10-6-5-8(2)21-10;8-4-5-3-6(9)1-2-7(5)10;1-5(2,3)4;/h3-7,14H,8H2,1-2H3;2-6,13H,7H2,1H3;2-6,13H,7H2,1H3,(H2,21,22,23);2-6,13H,7H2,1H3,(H,21,22,24);5-7H,4H2,1-3H3;1-3H,4H2;;1H. The molecule has 142 heavy (non-hydrogen) atoms. The van der Waals surface area contributed by atoms with Gasteiger partial charge >= 0.3 is 52.8 Å². The largest absolute Gasteiger partial charge is 0.467 e. The number of nitrogen functional groups attached to an aromatic ring is 1. The molecule has 4 atom stereocenters. The molecule has 15 aromatic rings. The predicted octanol–water partition coefficient (Wildman–Crippen LogP) is 22.8. The normalized spacial score (nSPS) is 14.3. The molecule has 14 heterocycles. The first-order valence-corrected chi connectivity index (χ1v) is 47.0. The fraction of sp³-hybridized carbons (Fsp3) is 0.191. The topological polar surface area (TPSA) is 425 Å². The minimum absolute atomic E-state index is 0. The third kappa shape index (κ3) is 25.9. The van der Waals surface area contributed by atoms with Gasteiger partial charge in [0.25, 0.3) is 0 Å². The fourth-order valence-electron chi connectivity index (χ4n) is 14.3. The number of aromatic amines is 1. The summed E-state index contributed by atoms with van der Waals surface area (Å²) in [4.78, 5) is 124. The molecular weight excluding hydrogens is 2080 g/mol. The molecule has 0 bridgehead atoms. The van der Waals surface area contributed by atoms with E-state index in [0.717, 1.165) is 84.9 Å². The van der Waals surface area contributed by atoms with Gasteiger partial charge in [-0.2, -0.15) is 24.9 Å². The van der Waals surface area contributed by atoms with E-state index in [4.69, 9.17) is 72.6 Å². The summed E-state index contributed by atoms with van der Waals surface area (Å²) in [5.74, 6) is -4.25. The molecule has 738 valence electrons. The molecule has 0 spiro atoms. The Hall–Kier alpha value is -14.4. The summed E-state index contributed by atoms with van der Waals surface area (Å²) in [6, 6.07) is 32.5. The number of hydrogen-bond acceptors (Lipinski definition) is 30. The average molecular weight is 2150 g/mol. The number of benzene rings is 5. The van der Waals surface area contributed by atoms with Crippen LogP contribution in [0.3, 0.4) is 0 Å². The second-order valence-corrected chi connectivity index (χ2v) is 37.6. The Morgan fingerprint density at radius 2 is 0.739 bits per heavy atom. The zero-order valence-electron chi connectivity index (χ0n) is 74.4. The van der Waals surface area contributed by atoms with Crippen molar-refractivity contribution in [1.82, 2.24) is 49.8 Å². The highest BCUT2D eigenvalue weighted by atomic mass is 79.9. The Balaban J connectivity index is 0.000000153. The Bertz CT molecular complexity index is 7280. The molecule has 0 fully saturated rings. The number of fused-ring (bicyclic) bond motifs is 4. The molecule has 0 radical (unpaired) electrons. The lowest BCUT2D eigenvalue weighted by Gasteiger charge is -2.11. The first kappa shape index (κ1) is 106. The van der Waals surface area contributed by atoms with Gasteiger partial charge in [-0.3, -0.25) is 9.36 Å². The van der Waals surface area contributed by atoms with Crippen molar-refractivity contribution in [3.05, 3.63) is 339 Å².